The molecule has 0 heterocycles. The van der Waals surface area contributed by atoms with Crippen molar-refractivity contribution >= 4 is 50.7 Å². The third kappa shape index (κ3) is 7.97. The Bertz CT molecular complexity index is 1440. The lowest BCUT2D eigenvalue weighted by atomic mass is 10.1. The number of carbonyl (C=O) groups is 2. The highest BCUT2D eigenvalue weighted by Crippen LogP contribution is 2.30. The molecule has 1 atom stereocenters. The van der Waals surface area contributed by atoms with Gasteiger partial charge in [0.25, 0.3) is 10.0 Å². The van der Waals surface area contributed by atoms with E-state index in [0.717, 1.165) is 4.31 Å². The van der Waals surface area contributed by atoms with E-state index in [0.29, 0.717) is 21.2 Å². The molecular weight excluding hydrogens is 557 g/mol. The number of sulfonamides is 1. The molecule has 0 radical (unpaired) electrons. The molecule has 2 amide bonds. The van der Waals surface area contributed by atoms with Crippen LogP contribution in [0, 0.1) is 6.92 Å². The molecule has 1 N–H and O–H groups in total. The van der Waals surface area contributed by atoms with E-state index >= 15 is 0 Å². The molecule has 10 heteroatoms. The highest BCUT2D eigenvalue weighted by atomic mass is 35.5. The fourth-order valence-electron chi connectivity index (χ4n) is 3.97. The SMILES string of the molecule is Cc1ccc(Cl)cc1N(CC(=O)N(Cc1cccc(Cl)c1)C(C)C(=O)NC(C)(C)C)S(=O)(=O)c1ccccc1. The first kappa shape index (κ1) is 30.5. The number of aryl methyl sites for hydroxylation is 1. The van der Waals surface area contributed by atoms with Crippen molar-refractivity contribution in [3.05, 3.63) is 94.0 Å². The van der Waals surface area contributed by atoms with Crippen molar-refractivity contribution in [3.63, 3.8) is 0 Å². The standard InChI is InChI=1S/C29H33Cl2N3O4S/c1-20-14-15-24(31)17-26(20)34(39(37,38)25-12-7-6-8-13-25)19-27(35)33(18-22-10-9-11-23(30)16-22)21(2)28(36)32-29(3,4)5/h6-17,21H,18-19H2,1-5H3,(H,32,36). The predicted molar refractivity (Wildman–Crippen MR) is 157 cm³/mol. The highest BCUT2D eigenvalue weighted by molar-refractivity contribution is 7.92. The minimum absolute atomic E-state index is 0.0251. The van der Waals surface area contributed by atoms with Crippen LogP contribution in [-0.4, -0.2) is 43.3 Å². The average Bonchev–Trinajstić information content (AvgIpc) is 2.86. The van der Waals surface area contributed by atoms with Gasteiger partial charge in [-0.1, -0.05) is 59.6 Å². The van der Waals surface area contributed by atoms with Gasteiger partial charge >= 0.3 is 0 Å². The Morgan fingerprint density at radius 2 is 1.56 bits per heavy atom. The van der Waals surface area contributed by atoms with E-state index in [1.165, 1.54) is 23.1 Å². The molecule has 1 unspecified atom stereocenters. The van der Waals surface area contributed by atoms with Gasteiger partial charge in [0.2, 0.25) is 11.8 Å². The molecule has 0 aliphatic heterocycles. The summed E-state index contributed by atoms with van der Waals surface area (Å²) in [6, 6.07) is 18.8. The van der Waals surface area contributed by atoms with E-state index in [9.17, 15) is 18.0 Å². The van der Waals surface area contributed by atoms with Crippen LogP contribution in [0.1, 0.15) is 38.8 Å². The third-order valence-corrected chi connectivity index (χ3v) is 8.20. The second kappa shape index (κ2) is 12.4. The van der Waals surface area contributed by atoms with Crippen LogP contribution in [0.15, 0.2) is 77.7 Å². The molecule has 3 rings (SSSR count). The number of halogens is 2. The molecule has 0 aliphatic carbocycles. The number of nitrogens with one attached hydrogen (secondary N) is 1. The molecule has 0 aliphatic rings. The maximum Gasteiger partial charge on any atom is 0.264 e. The van der Waals surface area contributed by atoms with Gasteiger partial charge in [-0.25, -0.2) is 8.42 Å². The zero-order chi connectivity index (χ0) is 29.0. The molecule has 39 heavy (non-hydrogen) atoms. The quantitative estimate of drug-likeness (QED) is 0.340. The van der Waals surface area contributed by atoms with Crippen LogP contribution in [0.3, 0.4) is 0 Å². The number of hydrogen-bond acceptors (Lipinski definition) is 4. The van der Waals surface area contributed by atoms with Gasteiger partial charge in [0.05, 0.1) is 10.6 Å². The first-order valence-corrected chi connectivity index (χ1v) is 14.6. The maximum atomic E-state index is 14.0. The smallest absolute Gasteiger partial charge is 0.264 e. The van der Waals surface area contributed by atoms with E-state index in [4.69, 9.17) is 23.2 Å². The van der Waals surface area contributed by atoms with Crippen LogP contribution in [0.25, 0.3) is 0 Å². The van der Waals surface area contributed by atoms with Crippen LogP contribution in [0.4, 0.5) is 5.69 Å². The number of rotatable bonds is 9. The Balaban J connectivity index is 2.07. The first-order valence-electron chi connectivity index (χ1n) is 12.4. The molecule has 0 spiro atoms. The van der Waals surface area contributed by atoms with Crippen LogP contribution in [0.2, 0.25) is 10.0 Å². The van der Waals surface area contributed by atoms with Gasteiger partial charge in [0, 0.05) is 22.1 Å². The van der Waals surface area contributed by atoms with E-state index in [1.54, 1.807) is 68.4 Å². The van der Waals surface area contributed by atoms with Crippen molar-refractivity contribution in [1.82, 2.24) is 10.2 Å². The van der Waals surface area contributed by atoms with Crippen molar-refractivity contribution < 1.29 is 18.0 Å². The summed E-state index contributed by atoms with van der Waals surface area (Å²) in [5, 5.41) is 3.71. The van der Waals surface area contributed by atoms with Crippen molar-refractivity contribution in [2.45, 2.75) is 57.6 Å². The van der Waals surface area contributed by atoms with Gasteiger partial charge in [-0.05, 0) is 82.1 Å². The number of carbonyl (C=O) groups excluding carboxylic acids is 2. The summed E-state index contributed by atoms with van der Waals surface area (Å²) < 4.78 is 28.8. The van der Waals surface area contributed by atoms with Crippen LogP contribution in [0.5, 0.6) is 0 Å². The molecule has 0 saturated carbocycles. The summed E-state index contributed by atoms with van der Waals surface area (Å²) >= 11 is 12.4. The number of anilines is 1. The lowest BCUT2D eigenvalue weighted by molar-refractivity contribution is -0.140. The predicted octanol–water partition coefficient (Wildman–Crippen LogP) is 5.83. The Kier molecular flexibility index (Phi) is 9.69. The zero-order valence-corrected chi connectivity index (χ0v) is 24.9. The number of benzene rings is 3. The minimum atomic E-state index is -4.17. The van der Waals surface area contributed by atoms with Crippen LogP contribution in [-0.2, 0) is 26.2 Å². The topological polar surface area (TPSA) is 86.8 Å². The monoisotopic (exact) mass is 589 g/mol. The second-order valence-electron chi connectivity index (χ2n) is 10.3. The van der Waals surface area contributed by atoms with E-state index in [-0.39, 0.29) is 23.0 Å². The average molecular weight is 591 g/mol. The zero-order valence-electron chi connectivity index (χ0n) is 22.6. The summed E-state index contributed by atoms with van der Waals surface area (Å²) in [5.41, 5.74) is 1.06. The summed E-state index contributed by atoms with van der Waals surface area (Å²) in [7, 11) is -4.17. The molecule has 0 saturated heterocycles. The van der Waals surface area contributed by atoms with E-state index < -0.39 is 34.1 Å². The Labute approximate surface area is 240 Å². The maximum absolute atomic E-state index is 14.0. The summed E-state index contributed by atoms with van der Waals surface area (Å²) in [6.07, 6.45) is 0. The fraction of sp³-hybridized carbons (Fsp3) is 0.310. The molecule has 208 valence electrons. The van der Waals surface area contributed by atoms with Crippen molar-refractivity contribution in [2.24, 2.45) is 0 Å². The summed E-state index contributed by atoms with van der Waals surface area (Å²) in [4.78, 5) is 28.5. The third-order valence-electron chi connectivity index (χ3n) is 5.96. The number of hydrogen-bond donors (Lipinski definition) is 1. The fourth-order valence-corrected chi connectivity index (χ4v) is 5.84. The molecule has 7 nitrogen and oxygen atoms in total. The Morgan fingerprint density at radius 1 is 0.923 bits per heavy atom. The van der Waals surface area contributed by atoms with E-state index in [1.807, 2.05) is 20.8 Å². The molecular formula is C29H33Cl2N3O4S. The van der Waals surface area contributed by atoms with Gasteiger partial charge < -0.3 is 10.2 Å². The lowest BCUT2D eigenvalue weighted by Gasteiger charge is -2.34. The number of amides is 2. The molecule has 3 aromatic rings. The van der Waals surface area contributed by atoms with Gasteiger partial charge in [0.15, 0.2) is 0 Å². The highest BCUT2D eigenvalue weighted by Gasteiger charge is 2.34. The summed E-state index contributed by atoms with van der Waals surface area (Å²) in [6.45, 7) is 8.39. The first-order chi connectivity index (χ1) is 18.2. The van der Waals surface area contributed by atoms with Crippen molar-refractivity contribution in [1.29, 1.82) is 0 Å². The minimum Gasteiger partial charge on any atom is -0.350 e. The van der Waals surface area contributed by atoms with Crippen LogP contribution >= 0.6 is 23.2 Å². The Hall–Kier alpha value is -3.07. The summed E-state index contributed by atoms with van der Waals surface area (Å²) in [5.74, 6) is -0.931. The van der Waals surface area contributed by atoms with Crippen molar-refractivity contribution in [2.75, 3.05) is 10.8 Å². The second-order valence-corrected chi connectivity index (χ2v) is 13.1. The van der Waals surface area contributed by atoms with E-state index in [2.05, 4.69) is 5.32 Å². The van der Waals surface area contributed by atoms with Crippen LogP contribution < -0.4 is 9.62 Å². The van der Waals surface area contributed by atoms with Gasteiger partial charge in [-0.3, -0.25) is 13.9 Å². The Morgan fingerprint density at radius 3 is 2.18 bits per heavy atom. The van der Waals surface area contributed by atoms with Gasteiger partial charge in [0.1, 0.15) is 12.6 Å². The van der Waals surface area contributed by atoms with Gasteiger partial charge in [-0.2, -0.15) is 0 Å². The molecule has 0 bridgehead atoms. The van der Waals surface area contributed by atoms with Crippen molar-refractivity contribution in [3.8, 4) is 0 Å². The number of nitrogens with zero attached hydrogens (tertiary/aromatic N) is 2. The largest absolute Gasteiger partial charge is 0.350 e. The van der Waals surface area contributed by atoms with Gasteiger partial charge in [-0.15, -0.1) is 0 Å². The molecule has 3 aromatic carbocycles. The molecule has 0 aromatic heterocycles. The molecule has 0 fully saturated rings. The normalized spacial score (nSPS) is 12.5. The lowest BCUT2D eigenvalue weighted by Crippen LogP contribution is -2.54.